The minimum Gasteiger partial charge on any atom is -1.00 e. The van der Waals surface area contributed by atoms with Crippen molar-refractivity contribution in [1.82, 2.24) is 4.98 Å². The summed E-state index contributed by atoms with van der Waals surface area (Å²) in [7, 11) is 3.91. The molecule has 3 aromatic carbocycles. The fourth-order valence-corrected chi connectivity index (χ4v) is 3.55. The Labute approximate surface area is 165 Å². The van der Waals surface area contributed by atoms with Gasteiger partial charge in [-0.2, -0.15) is 0 Å². The number of aromatic nitrogens is 2. The van der Waals surface area contributed by atoms with Gasteiger partial charge < -0.3 is 23.0 Å². The zero-order chi connectivity index (χ0) is 18.3. The highest BCUT2D eigenvalue weighted by Crippen LogP contribution is 2.26. The largest absolute Gasteiger partial charge is 1.00 e. The fourth-order valence-electron chi connectivity index (χ4n) is 3.55. The predicted octanol–water partition coefficient (Wildman–Crippen LogP) is 1.37. The van der Waals surface area contributed by atoms with Gasteiger partial charge >= 0.3 is 0 Å². The quantitative estimate of drug-likeness (QED) is 0.418. The maximum absolute atomic E-state index is 4.96. The number of aryl methyl sites for hydroxylation is 2. The van der Waals surface area contributed by atoms with Crippen LogP contribution < -0.4 is 27.6 Å². The minimum absolute atomic E-state index is 0. The number of para-hydroxylation sites is 1. The van der Waals surface area contributed by atoms with Crippen LogP contribution in [0.15, 0.2) is 54.6 Å². The third kappa shape index (κ3) is 3.17. The van der Waals surface area contributed by atoms with Crippen LogP contribution in [0.3, 0.4) is 0 Å². The molecular formula is C22H23ClN4. The van der Waals surface area contributed by atoms with E-state index in [9.17, 15) is 0 Å². The fraction of sp³-hybridized carbons (Fsp3) is 0.182. The molecule has 4 nitrogen and oxygen atoms in total. The molecule has 0 unspecified atom stereocenters. The maximum Gasteiger partial charge on any atom is 0.239 e. The van der Waals surface area contributed by atoms with Crippen LogP contribution in [-0.4, -0.2) is 19.1 Å². The van der Waals surface area contributed by atoms with Gasteiger partial charge in [0.15, 0.2) is 0 Å². The number of halogens is 1. The van der Waals surface area contributed by atoms with Gasteiger partial charge in [0, 0.05) is 49.7 Å². The second-order valence-corrected chi connectivity index (χ2v) is 6.59. The van der Waals surface area contributed by atoms with Crippen LogP contribution in [0.1, 0.15) is 11.1 Å². The van der Waals surface area contributed by atoms with Gasteiger partial charge in [0.05, 0.1) is 0 Å². The van der Waals surface area contributed by atoms with Crippen molar-refractivity contribution >= 4 is 33.4 Å². The topological polar surface area (TPSA) is 40.8 Å². The maximum atomic E-state index is 4.96. The third-order valence-electron chi connectivity index (χ3n) is 4.92. The van der Waals surface area contributed by atoms with Crippen molar-refractivity contribution in [2.24, 2.45) is 0 Å². The van der Waals surface area contributed by atoms with Gasteiger partial charge in [0.25, 0.3) is 0 Å². The lowest BCUT2D eigenvalue weighted by molar-refractivity contribution is -0.538. The molecule has 5 heteroatoms. The van der Waals surface area contributed by atoms with E-state index in [1.165, 1.54) is 11.1 Å². The number of hydrogen-bond donors (Lipinski definition) is 2. The van der Waals surface area contributed by atoms with Crippen molar-refractivity contribution in [3.63, 3.8) is 0 Å². The number of hydrogen-bond acceptors (Lipinski definition) is 3. The average Bonchev–Trinajstić information content (AvgIpc) is 2.66. The Balaban J connectivity index is 0.00000210. The SMILES string of the molecule is CNc1cc2c(cc1C)nc1cc(C)c(NC)cc1[n+]2-c1ccccc1.[Cl-]. The summed E-state index contributed by atoms with van der Waals surface area (Å²) in [6, 6.07) is 19.1. The lowest BCUT2D eigenvalue weighted by Crippen LogP contribution is -3.00. The second-order valence-electron chi connectivity index (χ2n) is 6.59. The summed E-state index contributed by atoms with van der Waals surface area (Å²) in [4.78, 5) is 4.96. The van der Waals surface area contributed by atoms with Crippen molar-refractivity contribution in [1.29, 1.82) is 0 Å². The van der Waals surface area contributed by atoms with Crippen molar-refractivity contribution < 1.29 is 17.0 Å². The van der Waals surface area contributed by atoms with Gasteiger partial charge in [-0.15, -0.1) is 4.57 Å². The van der Waals surface area contributed by atoms with Gasteiger partial charge in [0.2, 0.25) is 16.7 Å². The van der Waals surface area contributed by atoms with Crippen LogP contribution in [0.25, 0.3) is 27.8 Å². The summed E-state index contributed by atoms with van der Waals surface area (Å²) in [6.45, 7) is 4.22. The average molecular weight is 379 g/mol. The highest BCUT2D eigenvalue weighted by atomic mass is 35.5. The van der Waals surface area contributed by atoms with E-state index in [1.807, 2.05) is 20.2 Å². The van der Waals surface area contributed by atoms with Gasteiger partial charge in [-0.3, -0.25) is 0 Å². The van der Waals surface area contributed by atoms with Crippen LogP contribution >= 0.6 is 0 Å². The Morgan fingerprint density at radius 2 is 1.22 bits per heavy atom. The number of nitrogens with zero attached hydrogens (tertiary/aromatic N) is 2. The monoisotopic (exact) mass is 378 g/mol. The summed E-state index contributed by atoms with van der Waals surface area (Å²) in [5.74, 6) is 0. The van der Waals surface area contributed by atoms with E-state index in [-0.39, 0.29) is 12.4 Å². The number of nitrogens with one attached hydrogen (secondary N) is 2. The van der Waals surface area contributed by atoms with Crippen molar-refractivity contribution in [3.8, 4) is 5.69 Å². The first-order valence-corrected chi connectivity index (χ1v) is 8.84. The lowest BCUT2D eigenvalue weighted by atomic mass is 10.1. The number of anilines is 2. The van der Waals surface area contributed by atoms with Crippen LogP contribution in [0.4, 0.5) is 11.4 Å². The molecule has 1 aromatic heterocycles. The van der Waals surface area contributed by atoms with Gasteiger partial charge in [-0.25, -0.2) is 4.98 Å². The van der Waals surface area contributed by atoms with Gasteiger partial charge in [-0.1, -0.05) is 18.2 Å². The highest BCUT2D eigenvalue weighted by Gasteiger charge is 2.21. The third-order valence-corrected chi connectivity index (χ3v) is 4.92. The Morgan fingerprint density at radius 3 is 1.67 bits per heavy atom. The van der Waals surface area contributed by atoms with Crippen LogP contribution in [0.2, 0.25) is 0 Å². The highest BCUT2D eigenvalue weighted by molar-refractivity contribution is 5.87. The first-order chi connectivity index (χ1) is 12.6. The Kier molecular flexibility index (Phi) is 5.19. The molecule has 27 heavy (non-hydrogen) atoms. The molecule has 0 bridgehead atoms. The molecule has 0 atom stereocenters. The predicted molar refractivity (Wildman–Crippen MR) is 109 cm³/mol. The molecule has 2 N–H and O–H groups in total. The van der Waals surface area contributed by atoms with E-state index in [1.54, 1.807) is 0 Å². The number of rotatable bonds is 3. The van der Waals surface area contributed by atoms with Crippen molar-refractivity contribution in [2.45, 2.75) is 13.8 Å². The number of benzene rings is 3. The molecule has 1 heterocycles. The summed E-state index contributed by atoms with van der Waals surface area (Å²) < 4.78 is 2.29. The molecule has 4 aromatic rings. The Bertz CT molecular complexity index is 1060. The van der Waals surface area contributed by atoms with E-state index in [4.69, 9.17) is 4.98 Å². The molecule has 0 aliphatic rings. The Morgan fingerprint density at radius 1 is 0.741 bits per heavy atom. The second kappa shape index (κ2) is 7.41. The lowest BCUT2D eigenvalue weighted by Gasteiger charge is -2.11. The zero-order valence-electron chi connectivity index (χ0n) is 16.0. The van der Waals surface area contributed by atoms with Crippen LogP contribution in [-0.2, 0) is 0 Å². The van der Waals surface area contributed by atoms with E-state index in [0.29, 0.717) is 0 Å². The summed E-state index contributed by atoms with van der Waals surface area (Å²) >= 11 is 0. The Hall–Kier alpha value is -2.85. The molecule has 0 saturated carbocycles. The molecule has 4 rings (SSSR count). The summed E-state index contributed by atoms with van der Waals surface area (Å²) in [5, 5.41) is 6.58. The molecule has 0 spiro atoms. The smallest absolute Gasteiger partial charge is 0.239 e. The normalized spacial score (nSPS) is 10.7. The first kappa shape index (κ1) is 18.9. The van der Waals surface area contributed by atoms with E-state index >= 15 is 0 Å². The van der Waals surface area contributed by atoms with Gasteiger partial charge in [-0.05, 0) is 37.1 Å². The molecular weight excluding hydrogens is 356 g/mol. The van der Waals surface area contributed by atoms with Crippen LogP contribution in [0, 0.1) is 13.8 Å². The summed E-state index contributed by atoms with van der Waals surface area (Å²) in [6.07, 6.45) is 0. The molecule has 0 radical (unpaired) electrons. The first-order valence-electron chi connectivity index (χ1n) is 8.84. The standard InChI is InChI=1S/C22H22N4.ClH/c1-14-10-19-21(12-17(14)23-3)26(16-8-6-5-7-9-16)22-13-18(24-4)15(2)11-20(22)25-19;/h5-13H,1-4H3,(H,23,24);1H. The molecule has 0 aliphatic heterocycles. The van der Waals surface area contributed by atoms with E-state index in [2.05, 4.69) is 77.6 Å². The van der Waals surface area contributed by atoms with Crippen LogP contribution in [0.5, 0.6) is 0 Å². The molecule has 138 valence electrons. The van der Waals surface area contributed by atoms with E-state index in [0.717, 1.165) is 39.1 Å². The van der Waals surface area contributed by atoms with E-state index < -0.39 is 0 Å². The molecule has 0 aliphatic carbocycles. The molecule has 0 saturated heterocycles. The molecule has 0 amide bonds. The van der Waals surface area contributed by atoms with Gasteiger partial charge in [0.1, 0.15) is 11.0 Å². The summed E-state index contributed by atoms with van der Waals surface area (Å²) in [5.41, 5.74) is 9.90. The number of fused-ring (bicyclic) bond motifs is 2. The van der Waals surface area contributed by atoms with Crippen molar-refractivity contribution in [3.05, 3.63) is 65.7 Å². The minimum atomic E-state index is 0. The zero-order valence-corrected chi connectivity index (χ0v) is 16.7. The molecule has 0 fully saturated rings. The van der Waals surface area contributed by atoms with Crippen molar-refractivity contribution in [2.75, 3.05) is 24.7 Å².